The average molecular weight is 253 g/mol. The van der Waals surface area contributed by atoms with Crippen molar-refractivity contribution < 1.29 is 0 Å². The average Bonchev–Trinajstić information content (AvgIpc) is 2.40. The Labute approximate surface area is 117 Å². The van der Waals surface area contributed by atoms with Gasteiger partial charge in [0, 0.05) is 0 Å². The van der Waals surface area contributed by atoms with Gasteiger partial charge in [-0.3, -0.25) is 0 Å². The van der Waals surface area contributed by atoms with Crippen molar-refractivity contribution >= 4 is 0 Å². The second-order valence-electron chi connectivity index (χ2n) is 5.89. The summed E-state index contributed by atoms with van der Waals surface area (Å²) in [5.41, 5.74) is 0. The van der Waals surface area contributed by atoms with Crippen LogP contribution in [-0.2, 0) is 0 Å². The van der Waals surface area contributed by atoms with Crippen LogP contribution in [0.25, 0.3) is 0 Å². The minimum Gasteiger partial charge on any atom is -0.0654 e. The molecule has 18 heavy (non-hydrogen) atoms. The predicted octanol–water partition coefficient (Wildman–Crippen LogP) is 6.94. The molecule has 0 fully saturated rings. The lowest BCUT2D eigenvalue weighted by molar-refractivity contribution is 0.394. The normalized spacial score (nSPS) is 12.8. The fourth-order valence-electron chi connectivity index (χ4n) is 2.73. The Balaban J connectivity index is 3.27. The summed E-state index contributed by atoms with van der Waals surface area (Å²) in [5.74, 6) is 1.02. The van der Waals surface area contributed by atoms with E-state index in [1.54, 1.807) is 0 Å². The first-order chi connectivity index (χ1) is 8.85. The van der Waals surface area contributed by atoms with Gasteiger partial charge in [0.05, 0.1) is 0 Å². The van der Waals surface area contributed by atoms with E-state index in [1.807, 2.05) is 0 Å². The van der Waals surface area contributed by atoms with E-state index in [4.69, 9.17) is 0 Å². The van der Waals surface area contributed by atoms with E-state index >= 15 is 0 Å². The molecule has 1 unspecified atom stereocenters. The maximum atomic E-state index is 3.90. The van der Waals surface area contributed by atoms with Crippen LogP contribution in [0.1, 0.15) is 104 Å². The lowest BCUT2D eigenvalue weighted by Gasteiger charge is -2.14. The molecule has 0 saturated heterocycles. The van der Waals surface area contributed by atoms with Crippen molar-refractivity contribution in [2.75, 3.05) is 0 Å². The Morgan fingerprint density at radius 3 is 1.67 bits per heavy atom. The van der Waals surface area contributed by atoms with Crippen LogP contribution in [0.5, 0.6) is 0 Å². The molecule has 0 nitrogen and oxygen atoms in total. The molecule has 0 aromatic carbocycles. The van der Waals surface area contributed by atoms with Gasteiger partial charge in [-0.05, 0) is 5.92 Å². The molecule has 0 N–H and O–H groups in total. The summed E-state index contributed by atoms with van der Waals surface area (Å²) in [5, 5.41) is 0. The second kappa shape index (κ2) is 15.1. The van der Waals surface area contributed by atoms with Gasteiger partial charge in [0.2, 0.25) is 0 Å². The first-order valence-corrected chi connectivity index (χ1v) is 8.64. The van der Waals surface area contributed by atoms with Gasteiger partial charge in [0.1, 0.15) is 0 Å². The van der Waals surface area contributed by atoms with Crippen LogP contribution < -0.4 is 0 Å². The highest BCUT2D eigenvalue weighted by Crippen LogP contribution is 2.21. The van der Waals surface area contributed by atoms with E-state index in [1.165, 1.54) is 83.5 Å². The first-order valence-electron chi connectivity index (χ1n) is 8.64. The molecule has 0 aromatic heterocycles. The summed E-state index contributed by atoms with van der Waals surface area (Å²) >= 11 is 0. The molecule has 0 rings (SSSR count). The zero-order valence-electron chi connectivity index (χ0n) is 13.2. The van der Waals surface area contributed by atoms with Gasteiger partial charge in [-0.15, -0.1) is 0 Å². The minimum atomic E-state index is 1.02. The molecule has 0 aromatic rings. The highest BCUT2D eigenvalue weighted by atomic mass is 14.1. The summed E-state index contributed by atoms with van der Waals surface area (Å²) < 4.78 is 0. The van der Waals surface area contributed by atoms with Gasteiger partial charge in [-0.25, -0.2) is 0 Å². The van der Waals surface area contributed by atoms with Crippen molar-refractivity contribution in [1.29, 1.82) is 0 Å². The molecule has 0 heterocycles. The minimum absolute atomic E-state index is 1.02. The zero-order valence-corrected chi connectivity index (χ0v) is 13.2. The van der Waals surface area contributed by atoms with Gasteiger partial charge in [-0.1, -0.05) is 111 Å². The summed E-state index contributed by atoms with van der Waals surface area (Å²) in [6, 6.07) is 0. The lowest BCUT2D eigenvalue weighted by atomic mass is 9.92. The summed E-state index contributed by atoms with van der Waals surface area (Å²) in [4.78, 5) is 0. The summed E-state index contributed by atoms with van der Waals surface area (Å²) in [6.45, 7) is 8.57. The molecule has 0 amide bonds. The Kier molecular flexibility index (Phi) is 15.1. The maximum absolute atomic E-state index is 3.90. The van der Waals surface area contributed by atoms with Crippen molar-refractivity contribution in [3.05, 3.63) is 6.92 Å². The Morgan fingerprint density at radius 2 is 1.17 bits per heavy atom. The van der Waals surface area contributed by atoms with Gasteiger partial charge >= 0.3 is 0 Å². The third-order valence-corrected chi connectivity index (χ3v) is 4.16. The molecule has 0 heteroatoms. The van der Waals surface area contributed by atoms with Crippen LogP contribution in [-0.4, -0.2) is 0 Å². The molecular formula is C18H37. The van der Waals surface area contributed by atoms with Crippen molar-refractivity contribution in [2.45, 2.75) is 104 Å². The van der Waals surface area contributed by atoms with Gasteiger partial charge in [-0.2, -0.15) is 0 Å². The molecule has 0 spiro atoms. The van der Waals surface area contributed by atoms with E-state index in [-0.39, 0.29) is 0 Å². The van der Waals surface area contributed by atoms with Gasteiger partial charge in [0.25, 0.3) is 0 Å². The topological polar surface area (TPSA) is 0 Å². The van der Waals surface area contributed by atoms with Crippen molar-refractivity contribution in [1.82, 2.24) is 0 Å². The molecule has 0 bridgehead atoms. The standard InChI is InChI=1S/C18H37/c1-4-7-9-11-12-13-15-17-18(6-3)16-14-10-8-5-2/h18H,1,4-17H2,2-3H3. The van der Waals surface area contributed by atoms with E-state index < -0.39 is 0 Å². The number of rotatable bonds is 14. The lowest BCUT2D eigenvalue weighted by Crippen LogP contribution is -1.99. The van der Waals surface area contributed by atoms with Gasteiger partial charge < -0.3 is 0 Å². The molecule has 1 atom stereocenters. The number of hydrogen-bond acceptors (Lipinski definition) is 0. The number of unbranched alkanes of at least 4 members (excludes halogenated alkanes) is 9. The third-order valence-electron chi connectivity index (χ3n) is 4.16. The van der Waals surface area contributed by atoms with Gasteiger partial charge in [0.15, 0.2) is 0 Å². The Morgan fingerprint density at radius 1 is 0.667 bits per heavy atom. The van der Waals surface area contributed by atoms with Crippen LogP contribution in [0.2, 0.25) is 0 Å². The fraction of sp³-hybridized carbons (Fsp3) is 0.944. The number of hydrogen-bond donors (Lipinski definition) is 0. The predicted molar refractivity (Wildman–Crippen MR) is 84.8 cm³/mol. The van der Waals surface area contributed by atoms with Crippen molar-refractivity contribution in [3.63, 3.8) is 0 Å². The summed E-state index contributed by atoms with van der Waals surface area (Å²) in [6.07, 6.45) is 19.8. The van der Waals surface area contributed by atoms with Crippen LogP contribution in [0.15, 0.2) is 0 Å². The Bertz CT molecular complexity index is 139. The zero-order chi connectivity index (χ0) is 13.5. The maximum Gasteiger partial charge on any atom is -0.0417 e. The van der Waals surface area contributed by atoms with E-state index in [9.17, 15) is 0 Å². The molecular weight excluding hydrogens is 216 g/mol. The van der Waals surface area contributed by atoms with Crippen LogP contribution in [0, 0.1) is 12.8 Å². The molecule has 0 aliphatic carbocycles. The first kappa shape index (κ1) is 18.0. The molecule has 0 aliphatic heterocycles. The van der Waals surface area contributed by atoms with E-state index in [0.717, 1.165) is 12.3 Å². The molecule has 0 aliphatic rings. The Hall–Kier alpha value is 0. The SMILES string of the molecule is [CH2]CCCCCCCCC(CC)CCCCCC. The van der Waals surface area contributed by atoms with E-state index in [2.05, 4.69) is 20.8 Å². The smallest absolute Gasteiger partial charge is 0.0417 e. The largest absolute Gasteiger partial charge is 0.0654 e. The van der Waals surface area contributed by atoms with Crippen LogP contribution in [0.3, 0.4) is 0 Å². The molecule has 0 saturated carbocycles. The summed E-state index contributed by atoms with van der Waals surface area (Å²) in [7, 11) is 0. The fourth-order valence-corrected chi connectivity index (χ4v) is 2.73. The second-order valence-corrected chi connectivity index (χ2v) is 5.89. The van der Waals surface area contributed by atoms with Crippen molar-refractivity contribution in [2.24, 2.45) is 5.92 Å². The molecule has 109 valence electrons. The molecule has 1 radical (unpaired) electrons. The quantitative estimate of drug-likeness (QED) is 0.294. The van der Waals surface area contributed by atoms with E-state index in [0.29, 0.717) is 0 Å². The monoisotopic (exact) mass is 253 g/mol. The highest BCUT2D eigenvalue weighted by Gasteiger charge is 2.05. The van der Waals surface area contributed by atoms with Crippen LogP contribution >= 0.6 is 0 Å². The highest BCUT2D eigenvalue weighted by molar-refractivity contribution is 4.59. The third kappa shape index (κ3) is 12.5. The van der Waals surface area contributed by atoms with Crippen molar-refractivity contribution in [3.8, 4) is 0 Å². The van der Waals surface area contributed by atoms with Crippen LogP contribution in [0.4, 0.5) is 0 Å².